The van der Waals surface area contributed by atoms with Crippen LogP contribution in [-0.2, 0) is 29.4 Å². The molecule has 0 aliphatic heterocycles. The minimum atomic E-state index is -3.56. The highest BCUT2D eigenvalue weighted by atomic mass is 32.2. The minimum absolute atomic E-state index is 0.262. The SMILES string of the molecule is CNCc1ccc(S(=O)(=O)Nc2nc3c(s2)CCC3)cc1. The molecule has 0 fully saturated rings. The second kappa shape index (κ2) is 5.75. The van der Waals surface area contributed by atoms with Crippen LogP contribution in [0.2, 0.25) is 0 Å². The van der Waals surface area contributed by atoms with Gasteiger partial charge in [-0.15, -0.1) is 11.3 Å². The van der Waals surface area contributed by atoms with E-state index in [1.165, 1.54) is 16.2 Å². The van der Waals surface area contributed by atoms with E-state index in [2.05, 4.69) is 15.0 Å². The molecule has 112 valence electrons. The predicted molar refractivity (Wildman–Crippen MR) is 84.2 cm³/mol. The Balaban J connectivity index is 1.79. The van der Waals surface area contributed by atoms with Crippen LogP contribution in [0.15, 0.2) is 29.2 Å². The average molecular weight is 323 g/mol. The highest BCUT2D eigenvalue weighted by molar-refractivity contribution is 7.93. The first-order valence-electron chi connectivity index (χ1n) is 6.83. The maximum absolute atomic E-state index is 12.3. The van der Waals surface area contributed by atoms with Crippen molar-refractivity contribution < 1.29 is 8.42 Å². The van der Waals surface area contributed by atoms with Crippen LogP contribution in [0.1, 0.15) is 22.6 Å². The van der Waals surface area contributed by atoms with Crippen LogP contribution in [0, 0.1) is 0 Å². The maximum atomic E-state index is 12.3. The van der Waals surface area contributed by atoms with Gasteiger partial charge < -0.3 is 5.32 Å². The summed E-state index contributed by atoms with van der Waals surface area (Å²) in [6, 6.07) is 6.87. The Hall–Kier alpha value is -1.44. The molecule has 0 unspecified atom stereocenters. The fourth-order valence-corrected chi connectivity index (χ4v) is 4.68. The van der Waals surface area contributed by atoms with Gasteiger partial charge in [0.25, 0.3) is 10.0 Å². The van der Waals surface area contributed by atoms with Crippen LogP contribution in [0.4, 0.5) is 5.13 Å². The van der Waals surface area contributed by atoms with E-state index >= 15 is 0 Å². The molecule has 3 rings (SSSR count). The molecule has 0 saturated heterocycles. The van der Waals surface area contributed by atoms with Gasteiger partial charge in [0.2, 0.25) is 0 Å². The van der Waals surface area contributed by atoms with Crippen molar-refractivity contribution in [2.45, 2.75) is 30.7 Å². The highest BCUT2D eigenvalue weighted by Crippen LogP contribution is 2.31. The van der Waals surface area contributed by atoms with Crippen molar-refractivity contribution in [1.29, 1.82) is 0 Å². The van der Waals surface area contributed by atoms with E-state index in [1.807, 2.05) is 19.2 Å². The molecule has 1 aliphatic rings. The number of nitrogens with zero attached hydrogens (tertiary/aromatic N) is 1. The summed E-state index contributed by atoms with van der Waals surface area (Å²) in [5.74, 6) is 0. The number of rotatable bonds is 5. The highest BCUT2D eigenvalue weighted by Gasteiger charge is 2.20. The van der Waals surface area contributed by atoms with Gasteiger partial charge in [-0.25, -0.2) is 13.4 Å². The Labute approximate surface area is 128 Å². The van der Waals surface area contributed by atoms with Crippen molar-refractivity contribution >= 4 is 26.5 Å². The summed E-state index contributed by atoms with van der Waals surface area (Å²) in [6.07, 6.45) is 3.08. The molecular weight excluding hydrogens is 306 g/mol. The third-order valence-corrected chi connectivity index (χ3v) is 5.99. The zero-order valence-corrected chi connectivity index (χ0v) is 13.4. The Morgan fingerprint density at radius 2 is 2.00 bits per heavy atom. The first-order chi connectivity index (χ1) is 10.1. The molecule has 1 aromatic carbocycles. The number of aromatic nitrogens is 1. The third kappa shape index (κ3) is 3.09. The van der Waals surface area contributed by atoms with Gasteiger partial charge in [0.1, 0.15) is 0 Å². The van der Waals surface area contributed by atoms with E-state index in [0.717, 1.165) is 30.5 Å². The molecule has 1 aliphatic carbocycles. The predicted octanol–water partition coefficient (Wildman–Crippen LogP) is 2.15. The van der Waals surface area contributed by atoms with Crippen LogP contribution >= 0.6 is 11.3 Å². The number of thiazole rings is 1. The lowest BCUT2D eigenvalue weighted by Crippen LogP contribution is -2.13. The van der Waals surface area contributed by atoms with E-state index < -0.39 is 10.0 Å². The topological polar surface area (TPSA) is 71.1 Å². The van der Waals surface area contributed by atoms with Gasteiger partial charge in [-0.2, -0.15) is 0 Å². The van der Waals surface area contributed by atoms with Crippen LogP contribution in [-0.4, -0.2) is 20.4 Å². The Morgan fingerprint density at radius 3 is 2.67 bits per heavy atom. The van der Waals surface area contributed by atoms with Gasteiger partial charge in [-0.1, -0.05) is 12.1 Å². The smallest absolute Gasteiger partial charge is 0.263 e. The Bertz CT molecular complexity index is 715. The zero-order chi connectivity index (χ0) is 14.9. The molecule has 2 aromatic rings. The molecule has 0 spiro atoms. The summed E-state index contributed by atoms with van der Waals surface area (Å²) in [6.45, 7) is 0.715. The van der Waals surface area contributed by atoms with Crippen LogP contribution in [0.3, 0.4) is 0 Å². The van der Waals surface area contributed by atoms with Gasteiger partial charge in [0, 0.05) is 11.4 Å². The summed E-state index contributed by atoms with van der Waals surface area (Å²) in [7, 11) is -1.70. The van der Waals surface area contributed by atoms with Gasteiger partial charge >= 0.3 is 0 Å². The number of anilines is 1. The summed E-state index contributed by atoms with van der Waals surface area (Å²) in [5, 5.41) is 3.50. The molecule has 0 amide bonds. The molecular formula is C14H17N3O2S2. The normalized spacial score (nSPS) is 14.1. The monoisotopic (exact) mass is 323 g/mol. The molecule has 0 atom stereocenters. The van der Waals surface area contributed by atoms with E-state index in [4.69, 9.17) is 0 Å². The molecule has 7 heteroatoms. The van der Waals surface area contributed by atoms with Crippen LogP contribution < -0.4 is 10.0 Å². The Kier molecular flexibility index (Phi) is 3.97. The molecule has 21 heavy (non-hydrogen) atoms. The lowest BCUT2D eigenvalue weighted by atomic mass is 10.2. The maximum Gasteiger partial charge on any atom is 0.263 e. The van der Waals surface area contributed by atoms with E-state index in [9.17, 15) is 8.42 Å². The van der Waals surface area contributed by atoms with Crippen molar-refractivity contribution in [3.63, 3.8) is 0 Å². The van der Waals surface area contributed by atoms with Gasteiger partial charge in [0.15, 0.2) is 5.13 Å². The number of benzene rings is 1. The van der Waals surface area contributed by atoms with Gasteiger partial charge in [-0.05, 0) is 44.0 Å². The second-order valence-corrected chi connectivity index (χ2v) is 7.79. The van der Waals surface area contributed by atoms with Crippen LogP contribution in [0.5, 0.6) is 0 Å². The lowest BCUT2D eigenvalue weighted by molar-refractivity contribution is 0.601. The number of sulfonamides is 1. The zero-order valence-electron chi connectivity index (χ0n) is 11.7. The number of nitrogens with one attached hydrogen (secondary N) is 2. The molecule has 2 N–H and O–H groups in total. The lowest BCUT2D eigenvalue weighted by Gasteiger charge is -2.06. The summed E-state index contributed by atoms with van der Waals surface area (Å²) < 4.78 is 27.3. The summed E-state index contributed by atoms with van der Waals surface area (Å²) in [4.78, 5) is 5.83. The van der Waals surface area contributed by atoms with Gasteiger partial charge in [0.05, 0.1) is 10.6 Å². The third-order valence-electron chi connectivity index (χ3n) is 3.43. The first-order valence-corrected chi connectivity index (χ1v) is 9.13. The molecule has 0 bridgehead atoms. The van der Waals surface area contributed by atoms with Crippen molar-refractivity contribution in [3.05, 3.63) is 40.4 Å². The molecule has 0 radical (unpaired) electrons. The van der Waals surface area contributed by atoms with Crippen LogP contribution in [0.25, 0.3) is 0 Å². The van der Waals surface area contributed by atoms with E-state index in [1.54, 1.807) is 12.1 Å². The molecule has 0 saturated carbocycles. The van der Waals surface area contributed by atoms with Gasteiger partial charge in [-0.3, -0.25) is 4.72 Å². The van der Waals surface area contributed by atoms with E-state index in [0.29, 0.717) is 11.7 Å². The number of fused-ring (bicyclic) bond motifs is 1. The molecule has 1 aromatic heterocycles. The average Bonchev–Trinajstić information content (AvgIpc) is 3.00. The Morgan fingerprint density at radius 1 is 1.24 bits per heavy atom. The van der Waals surface area contributed by atoms with Crippen molar-refractivity contribution in [3.8, 4) is 0 Å². The quantitative estimate of drug-likeness (QED) is 0.884. The fraction of sp³-hybridized carbons (Fsp3) is 0.357. The largest absolute Gasteiger partial charge is 0.316 e. The summed E-state index contributed by atoms with van der Waals surface area (Å²) in [5.41, 5.74) is 2.09. The molecule has 1 heterocycles. The second-order valence-electron chi connectivity index (χ2n) is 5.02. The van der Waals surface area contributed by atoms with Crippen molar-refractivity contribution in [1.82, 2.24) is 10.3 Å². The number of hydrogen-bond donors (Lipinski definition) is 2. The number of aryl methyl sites for hydroxylation is 2. The minimum Gasteiger partial charge on any atom is -0.316 e. The fourth-order valence-electron chi connectivity index (χ4n) is 2.40. The summed E-state index contributed by atoms with van der Waals surface area (Å²) >= 11 is 1.44. The molecule has 5 nitrogen and oxygen atoms in total. The first kappa shape index (κ1) is 14.5. The van der Waals surface area contributed by atoms with Crippen molar-refractivity contribution in [2.24, 2.45) is 0 Å². The standard InChI is InChI=1S/C14H17N3O2S2/c1-15-9-10-5-7-11(8-6-10)21(18,19)17-14-16-12-3-2-4-13(12)20-14/h5-8,15H,2-4,9H2,1H3,(H,16,17). The number of hydrogen-bond acceptors (Lipinski definition) is 5. The van der Waals surface area contributed by atoms with E-state index in [-0.39, 0.29) is 4.90 Å². The van der Waals surface area contributed by atoms with Crippen molar-refractivity contribution in [2.75, 3.05) is 11.8 Å².